The first-order chi connectivity index (χ1) is 55.0. The first-order valence-electron chi connectivity index (χ1n) is 39.5. The molecule has 0 heterocycles. The monoisotopic (exact) mass is 1420 g/mol. The van der Waals surface area contributed by atoms with Crippen LogP contribution in [-0.2, 0) is 21.7 Å². The summed E-state index contributed by atoms with van der Waals surface area (Å²) in [5.41, 5.74) is 46.5. The van der Waals surface area contributed by atoms with E-state index in [4.69, 9.17) is 0 Å². The Labute approximate surface area is 655 Å². The minimum absolute atomic E-state index is 0.145. The van der Waals surface area contributed by atoms with Crippen LogP contribution in [0.5, 0.6) is 0 Å². The normalized spacial score (nSPS) is 15.4. The van der Waals surface area contributed by atoms with E-state index in [9.17, 15) is 0 Å². The largest absolute Gasteiger partial charge is 0.310 e. The molecule has 2 nitrogen and oxygen atoms in total. The third-order valence-corrected chi connectivity index (χ3v) is 26.3. The number of benzene rings is 17. The lowest BCUT2D eigenvalue weighted by Gasteiger charge is -2.31. The lowest BCUT2D eigenvalue weighted by molar-refractivity contribution is 0.660. The Balaban J connectivity index is 0.617. The lowest BCUT2D eigenvalue weighted by Crippen LogP contribution is -2.25. The molecule has 0 saturated carbocycles. The topological polar surface area (TPSA) is 6.48 Å². The summed E-state index contributed by atoms with van der Waals surface area (Å²) in [6, 6.07) is 147. The molecule has 0 bridgehead atoms. The van der Waals surface area contributed by atoms with Gasteiger partial charge in [0, 0.05) is 45.0 Å². The number of anilines is 6. The molecule has 0 fully saturated rings. The van der Waals surface area contributed by atoms with Crippen LogP contribution in [0.4, 0.5) is 34.1 Å². The van der Waals surface area contributed by atoms with Crippen molar-refractivity contribution in [1.82, 2.24) is 0 Å². The van der Waals surface area contributed by atoms with Gasteiger partial charge < -0.3 is 9.80 Å². The zero-order valence-electron chi connectivity index (χ0n) is 62.8. The Bertz CT molecular complexity index is 6750. The van der Waals surface area contributed by atoms with Gasteiger partial charge in [0.25, 0.3) is 0 Å². The van der Waals surface area contributed by atoms with Crippen LogP contribution < -0.4 is 9.80 Å². The van der Waals surface area contributed by atoms with Crippen LogP contribution in [0.3, 0.4) is 0 Å². The van der Waals surface area contributed by atoms with Crippen LogP contribution in [0.1, 0.15) is 94.5 Å². The molecule has 526 valence electrons. The second-order valence-electron chi connectivity index (χ2n) is 32.5. The third kappa shape index (κ3) is 8.98. The van der Waals surface area contributed by atoms with E-state index in [1.807, 2.05) is 0 Å². The molecule has 0 aromatic heterocycles. The summed E-state index contributed by atoms with van der Waals surface area (Å²) in [5, 5.41) is 0. The number of hydrogen-bond acceptors (Lipinski definition) is 2. The molecule has 0 saturated heterocycles. The fraction of sp³-hybridized carbons (Fsp3) is 0.0727. The highest BCUT2D eigenvalue weighted by molar-refractivity contribution is 6.00. The van der Waals surface area contributed by atoms with Gasteiger partial charge in [0.2, 0.25) is 0 Å². The summed E-state index contributed by atoms with van der Waals surface area (Å²) in [5.74, 6) is 0. The molecular formula is C110H76N2. The lowest BCUT2D eigenvalue weighted by atomic mass is 9.70. The summed E-state index contributed by atoms with van der Waals surface area (Å²) in [4.78, 5) is 4.92. The number of rotatable bonds is 10. The zero-order valence-corrected chi connectivity index (χ0v) is 62.8. The first-order valence-corrected chi connectivity index (χ1v) is 39.5. The maximum atomic E-state index is 2.52. The molecule has 112 heavy (non-hydrogen) atoms. The maximum absolute atomic E-state index is 2.52. The van der Waals surface area contributed by atoms with Crippen molar-refractivity contribution in [2.24, 2.45) is 0 Å². The molecule has 1 unspecified atom stereocenters. The minimum Gasteiger partial charge on any atom is -0.310 e. The van der Waals surface area contributed by atoms with Gasteiger partial charge in [-0.15, -0.1) is 0 Å². The number of nitrogens with zero attached hydrogens (tertiary/aromatic N) is 2. The predicted molar refractivity (Wildman–Crippen MR) is 465 cm³/mol. The van der Waals surface area contributed by atoms with Crippen molar-refractivity contribution in [3.63, 3.8) is 0 Å². The van der Waals surface area contributed by atoms with Crippen LogP contribution >= 0.6 is 0 Å². The molecule has 23 rings (SSSR count). The van der Waals surface area contributed by atoms with Gasteiger partial charge in [-0.3, -0.25) is 0 Å². The molecule has 2 heteroatoms. The predicted octanol–water partition coefficient (Wildman–Crippen LogP) is 28.6. The average molecular weight is 1430 g/mol. The summed E-state index contributed by atoms with van der Waals surface area (Å²) in [6.07, 6.45) is 0. The highest BCUT2D eigenvalue weighted by atomic mass is 15.1. The van der Waals surface area contributed by atoms with Gasteiger partial charge in [-0.05, 0) is 269 Å². The number of fused-ring (bicyclic) bond motifs is 26. The highest BCUT2D eigenvalue weighted by Crippen LogP contribution is 2.66. The summed E-state index contributed by atoms with van der Waals surface area (Å²) >= 11 is 0. The summed E-state index contributed by atoms with van der Waals surface area (Å²) in [7, 11) is 0. The SMILES string of the molecule is CC1(C)c2ccccc2-c2ccc(N(c3ccc(-c4ccccc4)cc3)c3ccc(-c4ccc5c(c4)C4(c6ccccc6-c6cc(-c7cccc(N(c8ccc(-c9ccc%10c(c9)C9(c%11ccccc%11-c%11ccccc%119)c9ccccc9-%10)cc8)c8ccc9c(c8)C(C)(C)c8ccccc8-9)c7)ccc64)c4ccccc4-5)cc3)cc21. The van der Waals surface area contributed by atoms with E-state index < -0.39 is 10.8 Å². The third-order valence-electron chi connectivity index (χ3n) is 26.3. The Morgan fingerprint density at radius 1 is 0.143 bits per heavy atom. The molecule has 0 aliphatic heterocycles. The van der Waals surface area contributed by atoms with Gasteiger partial charge in [0.05, 0.1) is 10.8 Å². The van der Waals surface area contributed by atoms with Gasteiger partial charge in [0.1, 0.15) is 0 Å². The Hall–Kier alpha value is -13.7. The first kappa shape index (κ1) is 64.3. The van der Waals surface area contributed by atoms with E-state index in [1.165, 1.54) is 172 Å². The molecule has 17 aromatic carbocycles. The van der Waals surface area contributed by atoms with Crippen molar-refractivity contribution < 1.29 is 0 Å². The average Bonchev–Trinajstić information content (AvgIpc) is 1.51. The smallest absolute Gasteiger partial charge is 0.0725 e. The Morgan fingerprint density at radius 3 is 0.812 bits per heavy atom. The maximum Gasteiger partial charge on any atom is 0.0725 e. The van der Waals surface area contributed by atoms with Crippen LogP contribution in [0, 0.1) is 0 Å². The second kappa shape index (κ2) is 23.9. The minimum atomic E-state index is -0.554. The van der Waals surface area contributed by atoms with E-state index in [0.29, 0.717) is 0 Å². The van der Waals surface area contributed by atoms with E-state index >= 15 is 0 Å². The molecule has 1 atom stereocenters. The van der Waals surface area contributed by atoms with Gasteiger partial charge in [0.15, 0.2) is 0 Å². The summed E-state index contributed by atoms with van der Waals surface area (Å²) in [6.45, 7) is 9.51. The fourth-order valence-corrected chi connectivity index (χ4v) is 21.2. The second-order valence-corrected chi connectivity index (χ2v) is 32.5. The van der Waals surface area contributed by atoms with Crippen molar-refractivity contribution in [2.75, 3.05) is 9.80 Å². The van der Waals surface area contributed by atoms with Gasteiger partial charge in [-0.2, -0.15) is 0 Å². The molecule has 6 aliphatic rings. The van der Waals surface area contributed by atoms with Crippen LogP contribution in [-0.4, -0.2) is 0 Å². The van der Waals surface area contributed by atoms with Gasteiger partial charge in [-0.1, -0.05) is 325 Å². The molecule has 0 radical (unpaired) electrons. The van der Waals surface area contributed by atoms with Crippen LogP contribution in [0.25, 0.3) is 111 Å². The zero-order chi connectivity index (χ0) is 74.3. The van der Waals surface area contributed by atoms with Crippen LogP contribution in [0.2, 0.25) is 0 Å². The molecular weight excluding hydrogens is 1350 g/mol. The molecule has 0 amide bonds. The molecule has 2 spiro atoms. The van der Waals surface area contributed by atoms with Crippen molar-refractivity contribution in [3.8, 4) is 111 Å². The van der Waals surface area contributed by atoms with Gasteiger partial charge in [-0.25, -0.2) is 0 Å². The van der Waals surface area contributed by atoms with Crippen molar-refractivity contribution >= 4 is 34.1 Å². The van der Waals surface area contributed by atoms with Gasteiger partial charge >= 0.3 is 0 Å². The quantitative estimate of drug-likeness (QED) is 0.135. The molecule has 6 aliphatic carbocycles. The van der Waals surface area contributed by atoms with E-state index in [-0.39, 0.29) is 10.8 Å². The van der Waals surface area contributed by atoms with E-state index in [2.05, 4.69) is 426 Å². The van der Waals surface area contributed by atoms with Crippen molar-refractivity contribution in [3.05, 3.63) is 455 Å². The van der Waals surface area contributed by atoms with Crippen LogP contribution in [0.15, 0.2) is 388 Å². The molecule has 0 N–H and O–H groups in total. The van der Waals surface area contributed by atoms with E-state index in [0.717, 1.165) is 39.7 Å². The molecule has 17 aromatic rings. The fourth-order valence-electron chi connectivity index (χ4n) is 21.2. The van der Waals surface area contributed by atoms with Crippen molar-refractivity contribution in [1.29, 1.82) is 0 Å². The Kier molecular flexibility index (Phi) is 13.7. The number of hydrogen-bond donors (Lipinski definition) is 0. The summed E-state index contributed by atoms with van der Waals surface area (Å²) < 4.78 is 0. The van der Waals surface area contributed by atoms with Crippen molar-refractivity contribution in [2.45, 2.75) is 49.4 Å². The van der Waals surface area contributed by atoms with E-state index in [1.54, 1.807) is 0 Å². The Morgan fingerprint density at radius 2 is 0.393 bits per heavy atom. The standard InChI is InChI=1S/C110H76N2/c1-107(2)95-34-15-8-27-83(95)90-60-56-81(67-103(90)107)111(77-50-41-70(42-51-77)69-23-6-5-7-24-69)78-52-43-71(44-53-78)76-48-59-93-88-32-13-20-39-100(88)110(106(93)66-76)101-40-21-14-33-89(101)94-64-74(49-62-102(94)110)73-25-22-26-80(63-73)112(82-57-61-91-84-28-9-16-35-96(84)108(3,4)104(91)68-82)79-54-45-72(46-55-79)75-47-58-92-87-31-12-19-38-99(87)109(105(92)65-75)97-36-17-10-29-85(97)86-30-11-18-37-98(86)109/h5-68H,1-4H3. The highest BCUT2D eigenvalue weighted by Gasteiger charge is 2.54.